The van der Waals surface area contributed by atoms with Gasteiger partial charge >= 0.3 is 6.18 Å². The van der Waals surface area contributed by atoms with Crippen LogP contribution in [-0.2, 0) is 15.8 Å². The maximum Gasteiger partial charge on any atom is 0.416 e. The van der Waals surface area contributed by atoms with E-state index in [1.165, 1.54) is 38.5 Å². The minimum Gasteiger partial charge on any atom is -0.507 e. The smallest absolute Gasteiger partial charge is 0.416 e. The first-order chi connectivity index (χ1) is 17.1. The van der Waals surface area contributed by atoms with Crippen molar-refractivity contribution < 1.29 is 37.3 Å². The van der Waals surface area contributed by atoms with Crippen molar-refractivity contribution in [2.45, 2.75) is 12.2 Å². The van der Waals surface area contributed by atoms with E-state index in [2.05, 4.69) is 0 Å². The van der Waals surface area contributed by atoms with Crippen LogP contribution in [0, 0.1) is 0 Å². The fraction of sp³-hybridized carbons (Fsp3) is 0.154. The topological polar surface area (TPSA) is 76.1 Å². The van der Waals surface area contributed by atoms with Crippen molar-refractivity contribution in [1.29, 1.82) is 0 Å². The number of anilines is 1. The number of hydrogen-bond donors (Lipinski definition) is 1. The SMILES string of the molecule is COc1ccc(C2/C(=C(\O)c3ccc(OC)c(Cl)c3)C(=O)C(=O)N2c2cccc(C(F)(F)F)c2)cc1. The van der Waals surface area contributed by atoms with Crippen LogP contribution in [-0.4, -0.2) is 31.0 Å². The van der Waals surface area contributed by atoms with Crippen LogP contribution < -0.4 is 14.4 Å². The van der Waals surface area contributed by atoms with E-state index in [0.29, 0.717) is 17.1 Å². The molecule has 4 rings (SSSR count). The first-order valence-electron chi connectivity index (χ1n) is 10.5. The van der Waals surface area contributed by atoms with Crippen molar-refractivity contribution >= 4 is 34.7 Å². The molecule has 0 bridgehead atoms. The van der Waals surface area contributed by atoms with Gasteiger partial charge in [0.1, 0.15) is 17.3 Å². The first-order valence-corrected chi connectivity index (χ1v) is 10.9. The molecule has 0 aromatic heterocycles. The summed E-state index contributed by atoms with van der Waals surface area (Å²) in [5, 5.41) is 11.3. The molecule has 1 amide bonds. The molecule has 10 heteroatoms. The predicted molar refractivity (Wildman–Crippen MR) is 127 cm³/mol. The highest BCUT2D eigenvalue weighted by Crippen LogP contribution is 2.44. The fourth-order valence-corrected chi connectivity index (χ4v) is 4.26. The van der Waals surface area contributed by atoms with Crippen LogP contribution in [0.15, 0.2) is 72.3 Å². The molecule has 0 radical (unpaired) electrons. The molecule has 6 nitrogen and oxygen atoms in total. The summed E-state index contributed by atoms with van der Waals surface area (Å²) in [5.74, 6) is -1.87. The first kappa shape index (κ1) is 25.1. The number of hydrogen-bond acceptors (Lipinski definition) is 5. The Kier molecular flexibility index (Phi) is 6.69. The largest absolute Gasteiger partial charge is 0.507 e. The molecule has 1 N–H and O–H groups in total. The molecule has 0 spiro atoms. The highest BCUT2D eigenvalue weighted by atomic mass is 35.5. The third kappa shape index (κ3) is 4.49. The monoisotopic (exact) mass is 517 g/mol. The number of alkyl halides is 3. The maximum absolute atomic E-state index is 13.4. The number of carbonyl (C=O) groups excluding carboxylic acids is 2. The van der Waals surface area contributed by atoms with Crippen LogP contribution in [0.3, 0.4) is 0 Å². The second-order valence-electron chi connectivity index (χ2n) is 7.84. The Morgan fingerprint density at radius 1 is 0.972 bits per heavy atom. The Labute approximate surface area is 209 Å². The molecule has 1 atom stereocenters. The van der Waals surface area contributed by atoms with Gasteiger partial charge in [-0.05, 0) is 54.1 Å². The minimum atomic E-state index is -4.67. The molecule has 1 heterocycles. The van der Waals surface area contributed by atoms with Crippen molar-refractivity contribution in [3.63, 3.8) is 0 Å². The van der Waals surface area contributed by atoms with Crippen LogP contribution in [0.4, 0.5) is 18.9 Å². The molecule has 186 valence electrons. The van der Waals surface area contributed by atoms with Crippen LogP contribution in [0.2, 0.25) is 5.02 Å². The number of aliphatic hydroxyl groups is 1. The molecule has 1 fully saturated rings. The van der Waals surface area contributed by atoms with Gasteiger partial charge in [-0.25, -0.2) is 0 Å². The van der Waals surface area contributed by atoms with Gasteiger partial charge in [0.25, 0.3) is 11.7 Å². The molecule has 3 aromatic carbocycles. The van der Waals surface area contributed by atoms with E-state index in [4.69, 9.17) is 21.1 Å². The number of halogens is 4. The lowest BCUT2D eigenvalue weighted by atomic mass is 9.95. The quantitative estimate of drug-likeness (QED) is 0.255. The summed E-state index contributed by atoms with van der Waals surface area (Å²) in [5.41, 5.74) is -0.949. The van der Waals surface area contributed by atoms with E-state index in [1.54, 1.807) is 24.3 Å². The van der Waals surface area contributed by atoms with Crippen molar-refractivity contribution in [3.8, 4) is 11.5 Å². The number of rotatable bonds is 5. The zero-order chi connectivity index (χ0) is 26.2. The highest BCUT2D eigenvalue weighted by molar-refractivity contribution is 6.51. The Morgan fingerprint density at radius 2 is 1.67 bits per heavy atom. The molecular formula is C26H19ClF3NO5. The van der Waals surface area contributed by atoms with Crippen LogP contribution >= 0.6 is 11.6 Å². The summed E-state index contributed by atoms with van der Waals surface area (Å²) in [6.45, 7) is 0. The van der Waals surface area contributed by atoms with E-state index in [0.717, 1.165) is 23.1 Å². The van der Waals surface area contributed by atoms with Gasteiger partial charge in [0, 0.05) is 11.3 Å². The third-order valence-electron chi connectivity index (χ3n) is 5.75. The number of nitrogens with zero attached hydrogens (tertiary/aromatic N) is 1. The highest BCUT2D eigenvalue weighted by Gasteiger charge is 2.47. The summed E-state index contributed by atoms with van der Waals surface area (Å²) in [6, 6.07) is 13.4. The second kappa shape index (κ2) is 9.58. The van der Waals surface area contributed by atoms with E-state index < -0.39 is 35.2 Å². The van der Waals surface area contributed by atoms with Gasteiger partial charge < -0.3 is 14.6 Å². The number of benzene rings is 3. The van der Waals surface area contributed by atoms with E-state index in [-0.39, 0.29) is 21.8 Å². The summed E-state index contributed by atoms with van der Waals surface area (Å²) >= 11 is 6.18. The van der Waals surface area contributed by atoms with Gasteiger partial charge in [0.15, 0.2) is 0 Å². The molecule has 1 saturated heterocycles. The van der Waals surface area contributed by atoms with Crippen LogP contribution in [0.25, 0.3) is 5.76 Å². The maximum atomic E-state index is 13.4. The average Bonchev–Trinajstić information content (AvgIpc) is 3.13. The molecule has 0 aliphatic carbocycles. The number of methoxy groups -OCH3 is 2. The van der Waals surface area contributed by atoms with Crippen LogP contribution in [0.5, 0.6) is 11.5 Å². The van der Waals surface area contributed by atoms with Gasteiger partial charge in [-0.3, -0.25) is 14.5 Å². The fourth-order valence-electron chi connectivity index (χ4n) is 4.00. The molecule has 36 heavy (non-hydrogen) atoms. The number of ketones is 1. The summed E-state index contributed by atoms with van der Waals surface area (Å²) in [7, 11) is 2.86. The van der Waals surface area contributed by atoms with Gasteiger partial charge in [-0.1, -0.05) is 29.8 Å². The molecular weight excluding hydrogens is 499 g/mol. The number of amides is 1. The lowest BCUT2D eigenvalue weighted by Crippen LogP contribution is -2.29. The molecule has 1 unspecified atom stereocenters. The lowest BCUT2D eigenvalue weighted by Gasteiger charge is -2.26. The minimum absolute atomic E-state index is 0.126. The van der Waals surface area contributed by atoms with Crippen molar-refractivity contribution in [2.75, 3.05) is 19.1 Å². The number of carbonyl (C=O) groups is 2. The van der Waals surface area contributed by atoms with Crippen LogP contribution in [0.1, 0.15) is 22.7 Å². The normalized spacial score (nSPS) is 17.4. The third-order valence-corrected chi connectivity index (χ3v) is 6.05. The zero-order valence-electron chi connectivity index (χ0n) is 19.0. The lowest BCUT2D eigenvalue weighted by molar-refractivity contribution is -0.137. The summed E-state index contributed by atoms with van der Waals surface area (Å²) < 4.78 is 50.5. The molecule has 1 aliphatic rings. The van der Waals surface area contributed by atoms with E-state index in [1.807, 2.05) is 0 Å². The Balaban J connectivity index is 1.94. The van der Waals surface area contributed by atoms with Crippen molar-refractivity contribution in [1.82, 2.24) is 0 Å². The Hall–Kier alpha value is -3.98. The molecule has 3 aromatic rings. The molecule has 0 saturated carbocycles. The van der Waals surface area contributed by atoms with Gasteiger partial charge in [-0.15, -0.1) is 0 Å². The standard InChI is InChI=1S/C26H19ClF3NO5/c1-35-18-9-6-14(7-10-18)22-21(23(32)15-8-11-20(36-2)19(27)12-15)24(33)25(34)31(22)17-5-3-4-16(13-17)26(28,29)30/h3-13,22,32H,1-2H3/b23-21+. The van der Waals surface area contributed by atoms with Crippen molar-refractivity contribution in [3.05, 3.63) is 94.0 Å². The van der Waals surface area contributed by atoms with E-state index >= 15 is 0 Å². The second-order valence-corrected chi connectivity index (χ2v) is 8.25. The number of Topliss-reactive ketones (excluding diaryl/α,β-unsaturated/α-hetero) is 1. The predicted octanol–water partition coefficient (Wildman–Crippen LogP) is 6.00. The number of aliphatic hydroxyl groups excluding tert-OH is 1. The van der Waals surface area contributed by atoms with Gasteiger partial charge in [0.05, 0.1) is 36.4 Å². The Bertz CT molecular complexity index is 1370. The average molecular weight is 518 g/mol. The molecule has 1 aliphatic heterocycles. The summed E-state index contributed by atoms with van der Waals surface area (Å²) in [4.78, 5) is 27.3. The Morgan fingerprint density at radius 3 is 2.25 bits per heavy atom. The zero-order valence-corrected chi connectivity index (χ0v) is 19.7. The summed E-state index contributed by atoms with van der Waals surface area (Å²) in [6.07, 6.45) is -4.67. The van der Waals surface area contributed by atoms with Gasteiger partial charge in [0.2, 0.25) is 0 Å². The van der Waals surface area contributed by atoms with Gasteiger partial charge in [-0.2, -0.15) is 13.2 Å². The van der Waals surface area contributed by atoms with E-state index in [9.17, 15) is 27.9 Å². The number of ether oxygens (including phenoxy) is 2. The van der Waals surface area contributed by atoms with Crippen molar-refractivity contribution in [2.24, 2.45) is 0 Å².